The normalized spacial score (nSPS) is 16.1. The summed E-state index contributed by atoms with van der Waals surface area (Å²) in [6.45, 7) is -0.0102. The Morgan fingerprint density at radius 3 is 1.74 bits per heavy atom. The molecule has 0 bridgehead atoms. The molecule has 0 fully saturated rings. The summed E-state index contributed by atoms with van der Waals surface area (Å²) < 4.78 is 20.6. The van der Waals surface area contributed by atoms with Crippen LogP contribution in [0.5, 0.6) is 23.0 Å². The zero-order chi connectivity index (χ0) is 47.1. The molecule has 0 saturated carbocycles. The van der Waals surface area contributed by atoms with Crippen molar-refractivity contribution >= 4 is 102 Å². The lowest BCUT2D eigenvalue weighted by molar-refractivity contribution is 0.464. The molecule has 0 N–H and O–H groups in total. The molecular formula is C62H41BN6O2Si. The fraction of sp³-hybridized carbons (Fsp3) is 0.0323. The van der Waals surface area contributed by atoms with E-state index in [1.807, 2.05) is 12.1 Å². The number of nitrogens with zero attached hydrogens (tertiary/aromatic N) is 6. The third kappa shape index (κ3) is 5.41. The van der Waals surface area contributed by atoms with Crippen LogP contribution in [0.25, 0.3) is 44.6 Å². The number of aromatic nitrogens is 5. The minimum atomic E-state index is -3.11. The van der Waals surface area contributed by atoms with Gasteiger partial charge in [-0.1, -0.05) is 164 Å². The van der Waals surface area contributed by atoms with Gasteiger partial charge in [0.2, 0.25) is 11.7 Å². The van der Waals surface area contributed by atoms with Gasteiger partial charge in [0.15, 0.2) is 8.07 Å². The summed E-state index contributed by atoms with van der Waals surface area (Å²) in [5, 5.41) is 5.14. The van der Waals surface area contributed by atoms with Gasteiger partial charge < -0.3 is 18.9 Å². The van der Waals surface area contributed by atoms with Gasteiger partial charge >= 0.3 is 0 Å². The highest BCUT2D eigenvalue weighted by atomic mass is 28.3. The van der Waals surface area contributed by atoms with Gasteiger partial charge in [0, 0.05) is 23.3 Å². The molecule has 12 aromatic rings. The van der Waals surface area contributed by atoms with E-state index in [-0.39, 0.29) is 18.8 Å². The van der Waals surface area contributed by atoms with Crippen molar-refractivity contribution in [2.45, 2.75) is 12.1 Å². The Bertz CT molecular complexity index is 4180. The average molecular weight is 941 g/mol. The summed E-state index contributed by atoms with van der Waals surface area (Å²) in [4.78, 5) is 13.3. The molecule has 3 aromatic heterocycles. The van der Waals surface area contributed by atoms with Gasteiger partial charge in [-0.15, -0.1) is 0 Å². The van der Waals surface area contributed by atoms with Crippen molar-refractivity contribution in [1.29, 1.82) is 0 Å². The van der Waals surface area contributed by atoms with E-state index in [0.717, 1.165) is 95.6 Å². The number of allylic oxidation sites excluding steroid dienone is 2. The molecule has 10 heteroatoms. The quantitative estimate of drug-likeness (QED) is 0.123. The standard InChI is InChI=1S/C62H41BN6O2Si/c1-3-19-42(20-4-1)72(43-21-5-2-6-22-43,44-23-17-18-40(36-44)66-51-28-11-13-30-53(51)68-50-27-10-9-26-48(50)64-61(66)68)45-34-35-49-55(39-45)69-54-31-14-12-29-52(54)67(62(69)65-49)41-37-58-60-59(38-41)71-57-33-16-8-25-47(57)63(60)46-24-7-15-32-56(46)70-58/h1-39,51,53H. The SMILES string of the molecule is C1=CC2C(C=C1)n1c(nc3ccccc31)N2c1cccc([Si](c2ccccc2)(c2ccccc2)c2ccc3nc4n(-c5cc6c7c(c5)Oc5ccccc5B7c5ccccc5O6)c5ccccc5n4c3c2)c1. The second-order valence-electron chi connectivity index (χ2n) is 19.3. The first-order valence-electron chi connectivity index (χ1n) is 24.7. The zero-order valence-corrected chi connectivity index (χ0v) is 39.7. The maximum atomic E-state index is 6.81. The molecule has 0 amide bonds. The highest BCUT2D eigenvalue weighted by Crippen LogP contribution is 2.45. The smallest absolute Gasteiger partial charge is 0.260 e. The molecule has 9 aromatic carbocycles. The van der Waals surface area contributed by atoms with E-state index in [2.05, 4.69) is 243 Å². The van der Waals surface area contributed by atoms with Crippen molar-refractivity contribution in [2.75, 3.05) is 4.90 Å². The second kappa shape index (κ2) is 14.9. The molecule has 4 aliphatic rings. The van der Waals surface area contributed by atoms with Crippen molar-refractivity contribution in [3.05, 3.63) is 237 Å². The zero-order valence-electron chi connectivity index (χ0n) is 38.7. The van der Waals surface area contributed by atoms with E-state index in [9.17, 15) is 0 Å². The summed E-state index contributed by atoms with van der Waals surface area (Å²) in [5.41, 5.74) is 11.6. The first kappa shape index (κ1) is 39.7. The lowest BCUT2D eigenvalue weighted by Crippen LogP contribution is -2.74. The van der Waals surface area contributed by atoms with Crippen LogP contribution in [0.15, 0.2) is 237 Å². The second-order valence-corrected chi connectivity index (χ2v) is 23.1. The Morgan fingerprint density at radius 1 is 0.431 bits per heavy atom. The van der Waals surface area contributed by atoms with Gasteiger partial charge in [-0.25, -0.2) is 9.97 Å². The Balaban J connectivity index is 0.917. The number of hydrogen-bond donors (Lipinski definition) is 0. The molecule has 0 spiro atoms. The predicted molar refractivity (Wildman–Crippen MR) is 294 cm³/mol. The number of hydrogen-bond acceptors (Lipinski definition) is 5. The van der Waals surface area contributed by atoms with E-state index in [0.29, 0.717) is 0 Å². The Kier molecular flexibility index (Phi) is 8.24. The third-order valence-corrected chi connectivity index (χ3v) is 20.4. The fourth-order valence-electron chi connectivity index (χ4n) is 12.6. The highest BCUT2D eigenvalue weighted by molar-refractivity contribution is 7.20. The Morgan fingerprint density at radius 2 is 1.01 bits per heavy atom. The van der Waals surface area contributed by atoms with Crippen LogP contribution in [-0.4, -0.2) is 44.3 Å². The molecule has 3 aliphatic heterocycles. The van der Waals surface area contributed by atoms with E-state index >= 15 is 0 Å². The van der Waals surface area contributed by atoms with Gasteiger partial charge in [0.05, 0.1) is 50.9 Å². The minimum Gasteiger partial charge on any atom is -0.458 e. The number of fused-ring (bicyclic) bond motifs is 14. The average Bonchev–Trinajstić information content (AvgIpc) is 4.18. The van der Waals surface area contributed by atoms with Gasteiger partial charge in [0.25, 0.3) is 6.71 Å². The fourth-order valence-corrected chi connectivity index (χ4v) is 17.4. The molecular weight excluding hydrogens is 900 g/mol. The molecule has 6 heterocycles. The molecule has 338 valence electrons. The largest absolute Gasteiger partial charge is 0.458 e. The number of ether oxygens (including phenoxy) is 2. The van der Waals surface area contributed by atoms with Crippen molar-refractivity contribution < 1.29 is 9.47 Å². The Labute approximate surface area is 415 Å². The van der Waals surface area contributed by atoms with E-state index in [1.54, 1.807) is 0 Å². The van der Waals surface area contributed by atoms with Gasteiger partial charge in [-0.2, -0.15) is 0 Å². The summed E-state index contributed by atoms with van der Waals surface area (Å²) in [6.07, 6.45) is 8.98. The molecule has 8 nitrogen and oxygen atoms in total. The topological polar surface area (TPSA) is 61.8 Å². The minimum absolute atomic E-state index is 0.0102. The number of anilines is 2. The maximum Gasteiger partial charge on any atom is 0.260 e. The summed E-state index contributed by atoms with van der Waals surface area (Å²) in [6, 6.07) is 77.1. The predicted octanol–water partition coefficient (Wildman–Crippen LogP) is 9.07. The first-order chi connectivity index (χ1) is 35.7. The van der Waals surface area contributed by atoms with Crippen LogP contribution in [0.2, 0.25) is 0 Å². The molecule has 1 aliphatic carbocycles. The molecule has 72 heavy (non-hydrogen) atoms. The molecule has 0 radical (unpaired) electrons. The number of imidazole rings is 3. The molecule has 16 rings (SSSR count). The lowest BCUT2D eigenvalue weighted by atomic mass is 9.35. The number of para-hydroxylation sites is 6. The highest BCUT2D eigenvalue weighted by Gasteiger charge is 2.45. The van der Waals surface area contributed by atoms with E-state index < -0.39 is 8.07 Å². The van der Waals surface area contributed by atoms with Crippen LogP contribution in [0.4, 0.5) is 11.6 Å². The number of benzene rings is 9. The van der Waals surface area contributed by atoms with Crippen LogP contribution in [0.3, 0.4) is 0 Å². The monoisotopic (exact) mass is 940 g/mol. The van der Waals surface area contributed by atoms with Crippen LogP contribution >= 0.6 is 0 Å². The number of rotatable bonds is 6. The van der Waals surface area contributed by atoms with Gasteiger partial charge in [-0.05, 0) is 92.3 Å². The first-order valence-corrected chi connectivity index (χ1v) is 26.7. The molecule has 2 unspecified atom stereocenters. The summed E-state index contributed by atoms with van der Waals surface area (Å²) in [7, 11) is -3.11. The van der Waals surface area contributed by atoms with E-state index in [4.69, 9.17) is 19.4 Å². The third-order valence-electron chi connectivity index (χ3n) is 15.6. The van der Waals surface area contributed by atoms with Crippen LogP contribution in [0, 0.1) is 0 Å². The van der Waals surface area contributed by atoms with Crippen molar-refractivity contribution in [2.24, 2.45) is 0 Å². The lowest BCUT2D eigenvalue weighted by Gasteiger charge is -2.35. The van der Waals surface area contributed by atoms with Crippen LogP contribution < -0.4 is 51.5 Å². The van der Waals surface area contributed by atoms with Crippen LogP contribution in [-0.2, 0) is 0 Å². The maximum absolute atomic E-state index is 6.81. The molecule has 0 saturated heterocycles. The summed E-state index contributed by atoms with van der Waals surface area (Å²) >= 11 is 0. The van der Waals surface area contributed by atoms with Crippen molar-refractivity contribution in [1.82, 2.24) is 23.5 Å². The molecule has 2 atom stereocenters. The van der Waals surface area contributed by atoms with E-state index in [1.165, 1.54) is 20.7 Å². The summed E-state index contributed by atoms with van der Waals surface area (Å²) in [5.74, 6) is 5.07. The van der Waals surface area contributed by atoms with Crippen molar-refractivity contribution in [3.8, 4) is 28.7 Å². The van der Waals surface area contributed by atoms with Crippen LogP contribution in [0.1, 0.15) is 6.04 Å². The van der Waals surface area contributed by atoms with Gasteiger partial charge in [-0.3, -0.25) is 8.97 Å². The van der Waals surface area contributed by atoms with Gasteiger partial charge in [0.1, 0.15) is 23.0 Å². The van der Waals surface area contributed by atoms with Crippen molar-refractivity contribution in [3.63, 3.8) is 0 Å². The Hall–Kier alpha value is -9.12.